The maximum Gasteiger partial charge on any atom is 0.224 e. The lowest BCUT2D eigenvalue weighted by atomic mass is 9.97. The number of nitrogens with one attached hydrogen (secondary N) is 1. The van der Waals surface area contributed by atoms with Gasteiger partial charge in [-0.2, -0.15) is 0 Å². The average molecular weight is 377 g/mol. The third kappa shape index (κ3) is 4.09. The lowest BCUT2D eigenvalue weighted by molar-refractivity contribution is -0.127. The van der Waals surface area contributed by atoms with Gasteiger partial charge in [-0.15, -0.1) is 0 Å². The number of hydrogen-bond acceptors (Lipinski definition) is 3. The van der Waals surface area contributed by atoms with Crippen molar-refractivity contribution in [1.29, 1.82) is 0 Å². The van der Waals surface area contributed by atoms with Gasteiger partial charge >= 0.3 is 0 Å². The number of aryl methyl sites for hydroxylation is 2. The highest BCUT2D eigenvalue weighted by atomic mass is 16.1. The van der Waals surface area contributed by atoms with Crippen LogP contribution in [0.25, 0.3) is 11.0 Å². The molecule has 1 aromatic heterocycles. The molecule has 1 amide bonds. The number of fused-ring (bicyclic) bond motifs is 1. The molecule has 4 rings (SSSR count). The van der Waals surface area contributed by atoms with Gasteiger partial charge in [0, 0.05) is 20.1 Å². The minimum absolute atomic E-state index is 0.0499. The fraction of sp³-hybridized carbons (Fsp3) is 0.391. The van der Waals surface area contributed by atoms with E-state index in [1.807, 2.05) is 12.1 Å². The number of para-hydroxylation sites is 2. The fourth-order valence-electron chi connectivity index (χ4n) is 3.99. The molecule has 1 atom stereocenters. The van der Waals surface area contributed by atoms with Crippen LogP contribution in [-0.4, -0.2) is 33.4 Å². The second kappa shape index (κ2) is 8.15. The Balaban J connectivity index is 1.36. The Bertz CT molecular complexity index is 960. The maximum atomic E-state index is 12.7. The molecule has 2 aromatic carbocycles. The van der Waals surface area contributed by atoms with E-state index in [4.69, 9.17) is 4.98 Å². The van der Waals surface area contributed by atoms with E-state index < -0.39 is 0 Å². The molecule has 1 fully saturated rings. The largest absolute Gasteiger partial charge is 0.352 e. The summed E-state index contributed by atoms with van der Waals surface area (Å²) >= 11 is 0. The lowest BCUT2D eigenvalue weighted by Crippen LogP contribution is -2.42. The Morgan fingerprint density at radius 1 is 1.18 bits per heavy atom. The molecular weight excluding hydrogens is 348 g/mol. The van der Waals surface area contributed by atoms with Crippen molar-refractivity contribution in [2.24, 2.45) is 13.0 Å². The summed E-state index contributed by atoms with van der Waals surface area (Å²) in [7, 11) is 2.07. The Morgan fingerprint density at radius 3 is 2.75 bits per heavy atom. The number of hydrogen-bond donors (Lipinski definition) is 1. The highest BCUT2D eigenvalue weighted by Crippen LogP contribution is 2.21. The standard InChI is InChI=1S/C23H28N4O/c1-17-9-11-18(12-10-17)14-24-23(28)19-6-5-13-27(15-19)16-22-25-20-7-3-4-8-21(20)26(22)2/h3-4,7-12,19H,5-6,13-16H2,1-2H3,(H,24,28)/t19-/m1/s1. The van der Waals surface area contributed by atoms with Crippen LogP contribution in [0.15, 0.2) is 48.5 Å². The number of piperidine rings is 1. The molecule has 28 heavy (non-hydrogen) atoms. The van der Waals surface area contributed by atoms with E-state index in [-0.39, 0.29) is 11.8 Å². The summed E-state index contributed by atoms with van der Waals surface area (Å²) in [4.78, 5) is 19.8. The maximum absolute atomic E-state index is 12.7. The average Bonchev–Trinajstić information content (AvgIpc) is 3.03. The topological polar surface area (TPSA) is 50.2 Å². The first kappa shape index (κ1) is 18.7. The number of likely N-dealkylation sites (tertiary alicyclic amines) is 1. The molecular formula is C23H28N4O. The molecule has 1 N–H and O–H groups in total. The number of imidazole rings is 1. The van der Waals surface area contributed by atoms with Gasteiger partial charge in [0.25, 0.3) is 0 Å². The van der Waals surface area contributed by atoms with E-state index in [1.165, 1.54) is 5.56 Å². The monoisotopic (exact) mass is 376 g/mol. The Kier molecular flexibility index (Phi) is 5.44. The summed E-state index contributed by atoms with van der Waals surface area (Å²) in [5.74, 6) is 1.27. The van der Waals surface area contributed by atoms with E-state index in [2.05, 4.69) is 65.2 Å². The third-order valence-corrected chi connectivity index (χ3v) is 5.71. The zero-order valence-corrected chi connectivity index (χ0v) is 16.7. The van der Waals surface area contributed by atoms with Gasteiger partial charge in [0.05, 0.1) is 23.5 Å². The normalized spacial score (nSPS) is 17.7. The van der Waals surface area contributed by atoms with Crippen molar-refractivity contribution in [3.8, 4) is 0 Å². The van der Waals surface area contributed by atoms with Crippen LogP contribution >= 0.6 is 0 Å². The summed E-state index contributed by atoms with van der Waals surface area (Å²) in [6.07, 6.45) is 2.01. The van der Waals surface area contributed by atoms with E-state index in [0.717, 1.165) is 54.9 Å². The Labute approximate surface area is 166 Å². The van der Waals surface area contributed by atoms with Crippen LogP contribution in [0.5, 0.6) is 0 Å². The predicted octanol–water partition coefficient (Wildman–Crippen LogP) is 3.41. The highest BCUT2D eigenvalue weighted by molar-refractivity contribution is 5.79. The first-order chi connectivity index (χ1) is 13.6. The van der Waals surface area contributed by atoms with Gasteiger partial charge in [-0.25, -0.2) is 4.98 Å². The molecule has 5 nitrogen and oxygen atoms in total. The third-order valence-electron chi connectivity index (χ3n) is 5.71. The molecule has 1 aliphatic heterocycles. The van der Waals surface area contributed by atoms with E-state index >= 15 is 0 Å². The summed E-state index contributed by atoms with van der Waals surface area (Å²) in [5, 5.41) is 3.12. The van der Waals surface area contributed by atoms with Crippen LogP contribution in [0, 0.1) is 12.8 Å². The first-order valence-electron chi connectivity index (χ1n) is 10.1. The summed E-state index contributed by atoms with van der Waals surface area (Å²) in [5.41, 5.74) is 4.57. The fourth-order valence-corrected chi connectivity index (χ4v) is 3.99. The van der Waals surface area contributed by atoms with Gasteiger partial charge in [0.1, 0.15) is 5.82 Å². The van der Waals surface area contributed by atoms with Crippen LogP contribution in [-0.2, 0) is 24.9 Å². The number of carbonyl (C=O) groups excluding carboxylic acids is 1. The van der Waals surface area contributed by atoms with E-state index in [9.17, 15) is 4.79 Å². The molecule has 2 heterocycles. The molecule has 146 valence electrons. The number of nitrogens with zero attached hydrogens (tertiary/aromatic N) is 3. The number of carbonyl (C=O) groups is 1. The summed E-state index contributed by atoms with van der Waals surface area (Å²) in [6, 6.07) is 16.5. The molecule has 3 aromatic rings. The van der Waals surface area contributed by atoms with Gasteiger partial charge < -0.3 is 9.88 Å². The van der Waals surface area contributed by atoms with Crippen LogP contribution in [0.3, 0.4) is 0 Å². The van der Waals surface area contributed by atoms with Crippen molar-refractivity contribution in [1.82, 2.24) is 19.8 Å². The molecule has 0 saturated carbocycles. The molecule has 1 aliphatic rings. The molecule has 0 unspecified atom stereocenters. The van der Waals surface area contributed by atoms with Crippen LogP contribution in [0.1, 0.15) is 29.8 Å². The molecule has 0 radical (unpaired) electrons. The zero-order valence-electron chi connectivity index (χ0n) is 16.7. The van der Waals surface area contributed by atoms with Crippen molar-refractivity contribution < 1.29 is 4.79 Å². The van der Waals surface area contributed by atoms with E-state index in [0.29, 0.717) is 6.54 Å². The van der Waals surface area contributed by atoms with Gasteiger partial charge in [-0.1, -0.05) is 42.0 Å². The van der Waals surface area contributed by atoms with Gasteiger partial charge in [-0.3, -0.25) is 9.69 Å². The number of amides is 1. The van der Waals surface area contributed by atoms with Crippen molar-refractivity contribution >= 4 is 16.9 Å². The van der Waals surface area contributed by atoms with E-state index in [1.54, 1.807) is 0 Å². The number of rotatable bonds is 5. The van der Waals surface area contributed by atoms with Crippen molar-refractivity contribution in [3.63, 3.8) is 0 Å². The van der Waals surface area contributed by atoms with Crippen molar-refractivity contribution in [3.05, 3.63) is 65.5 Å². The predicted molar refractivity (Wildman–Crippen MR) is 112 cm³/mol. The quantitative estimate of drug-likeness (QED) is 0.742. The minimum Gasteiger partial charge on any atom is -0.352 e. The van der Waals surface area contributed by atoms with Crippen LogP contribution in [0.4, 0.5) is 0 Å². The van der Waals surface area contributed by atoms with Crippen molar-refractivity contribution in [2.75, 3.05) is 13.1 Å². The second-order valence-electron chi connectivity index (χ2n) is 7.85. The SMILES string of the molecule is Cc1ccc(CNC(=O)[C@@H]2CCCN(Cc3nc4ccccc4n3C)C2)cc1. The lowest BCUT2D eigenvalue weighted by Gasteiger charge is -2.31. The van der Waals surface area contributed by atoms with Gasteiger partial charge in [0.15, 0.2) is 0 Å². The number of aromatic nitrogens is 2. The molecule has 0 spiro atoms. The molecule has 5 heteroatoms. The van der Waals surface area contributed by atoms with Gasteiger partial charge in [0.2, 0.25) is 5.91 Å². The summed E-state index contributed by atoms with van der Waals surface area (Å²) < 4.78 is 2.16. The summed E-state index contributed by atoms with van der Waals surface area (Å²) in [6.45, 7) is 5.27. The second-order valence-corrected chi connectivity index (χ2v) is 7.85. The smallest absolute Gasteiger partial charge is 0.224 e. The van der Waals surface area contributed by atoms with Crippen LogP contribution < -0.4 is 5.32 Å². The Hall–Kier alpha value is -2.66. The molecule has 1 saturated heterocycles. The number of benzene rings is 2. The molecule has 0 bridgehead atoms. The first-order valence-corrected chi connectivity index (χ1v) is 10.1. The highest BCUT2D eigenvalue weighted by Gasteiger charge is 2.26. The Morgan fingerprint density at radius 2 is 1.96 bits per heavy atom. The zero-order chi connectivity index (χ0) is 19.5. The minimum atomic E-state index is 0.0499. The van der Waals surface area contributed by atoms with Crippen LogP contribution in [0.2, 0.25) is 0 Å². The van der Waals surface area contributed by atoms with Crippen molar-refractivity contribution in [2.45, 2.75) is 32.9 Å². The van der Waals surface area contributed by atoms with Gasteiger partial charge in [-0.05, 0) is 44.0 Å². The molecule has 0 aliphatic carbocycles.